The Labute approximate surface area is 112 Å². The van der Waals surface area contributed by atoms with Gasteiger partial charge in [-0.15, -0.1) is 0 Å². The van der Waals surface area contributed by atoms with Crippen molar-refractivity contribution in [1.29, 1.82) is 0 Å². The first kappa shape index (κ1) is 12.2. The van der Waals surface area contributed by atoms with Gasteiger partial charge < -0.3 is 9.14 Å². The molecule has 3 rings (SSSR count). The van der Waals surface area contributed by atoms with Crippen LogP contribution in [0.1, 0.15) is 36.2 Å². The predicted molar refractivity (Wildman–Crippen MR) is 72.1 cm³/mol. The summed E-state index contributed by atoms with van der Waals surface area (Å²) >= 11 is 0. The number of imidazole rings is 1. The van der Waals surface area contributed by atoms with Crippen LogP contribution in [-0.2, 0) is 9.53 Å². The van der Waals surface area contributed by atoms with Gasteiger partial charge in [0.05, 0.1) is 18.2 Å². The number of hydrogen-bond acceptors (Lipinski definition) is 3. The first-order valence-corrected chi connectivity index (χ1v) is 6.73. The van der Waals surface area contributed by atoms with Gasteiger partial charge in [-0.1, -0.05) is 0 Å². The minimum atomic E-state index is -0.0832. The fourth-order valence-corrected chi connectivity index (χ4v) is 2.65. The van der Waals surface area contributed by atoms with Gasteiger partial charge >= 0.3 is 5.97 Å². The van der Waals surface area contributed by atoms with Crippen molar-refractivity contribution < 1.29 is 9.53 Å². The monoisotopic (exact) mass is 258 g/mol. The van der Waals surface area contributed by atoms with E-state index in [1.807, 2.05) is 13.1 Å². The topological polar surface area (TPSA) is 43.6 Å². The number of carbonyl (C=O) groups excluding carboxylic acids is 1. The van der Waals surface area contributed by atoms with Crippen molar-refractivity contribution in [1.82, 2.24) is 9.38 Å². The Morgan fingerprint density at radius 1 is 1.53 bits per heavy atom. The molecule has 2 heterocycles. The Hall–Kier alpha value is -1.84. The summed E-state index contributed by atoms with van der Waals surface area (Å²) in [7, 11) is 0. The van der Waals surface area contributed by atoms with E-state index in [0.717, 1.165) is 23.5 Å². The SMILES string of the molecule is CCOC(=O)C1CC1c1nc2cc(C)ccn2c1C. The molecule has 2 aromatic rings. The number of hydrogen-bond donors (Lipinski definition) is 0. The molecule has 0 amide bonds. The standard InChI is InChI=1S/C15H18N2O2/c1-4-19-15(18)12-8-11(12)14-10(3)17-6-5-9(2)7-13(17)16-14/h5-7,11-12H,4,8H2,1-3H3. The van der Waals surface area contributed by atoms with Crippen molar-refractivity contribution in [2.24, 2.45) is 5.92 Å². The lowest BCUT2D eigenvalue weighted by Crippen LogP contribution is -2.07. The third-order valence-electron chi connectivity index (χ3n) is 3.79. The van der Waals surface area contributed by atoms with E-state index >= 15 is 0 Å². The highest BCUT2D eigenvalue weighted by Gasteiger charge is 2.47. The molecule has 100 valence electrons. The van der Waals surface area contributed by atoms with Gasteiger partial charge in [-0.05, 0) is 44.9 Å². The zero-order valence-corrected chi connectivity index (χ0v) is 11.5. The molecule has 0 radical (unpaired) electrons. The molecule has 0 aromatic carbocycles. The average Bonchev–Trinajstić information content (AvgIpc) is 3.10. The molecule has 0 bridgehead atoms. The van der Waals surface area contributed by atoms with Gasteiger partial charge in [0.1, 0.15) is 5.65 Å². The second-order valence-corrected chi connectivity index (χ2v) is 5.22. The van der Waals surface area contributed by atoms with Crippen LogP contribution in [0.2, 0.25) is 0 Å². The third kappa shape index (κ3) is 2.01. The van der Waals surface area contributed by atoms with Crippen LogP contribution in [0.5, 0.6) is 0 Å². The number of ether oxygens (including phenoxy) is 1. The van der Waals surface area contributed by atoms with Crippen LogP contribution in [0.3, 0.4) is 0 Å². The first-order valence-electron chi connectivity index (χ1n) is 6.73. The van der Waals surface area contributed by atoms with Gasteiger partial charge in [0.15, 0.2) is 0 Å². The zero-order chi connectivity index (χ0) is 13.6. The van der Waals surface area contributed by atoms with Crippen molar-refractivity contribution in [2.45, 2.75) is 33.1 Å². The van der Waals surface area contributed by atoms with Gasteiger partial charge in [-0.3, -0.25) is 4.79 Å². The van der Waals surface area contributed by atoms with Crippen molar-refractivity contribution in [2.75, 3.05) is 6.61 Å². The molecule has 19 heavy (non-hydrogen) atoms. The van der Waals surface area contributed by atoms with Crippen LogP contribution in [-0.4, -0.2) is 22.0 Å². The van der Waals surface area contributed by atoms with Crippen LogP contribution < -0.4 is 0 Å². The minimum Gasteiger partial charge on any atom is -0.466 e. The summed E-state index contributed by atoms with van der Waals surface area (Å²) in [5.74, 6) is 0.157. The lowest BCUT2D eigenvalue weighted by atomic mass is 10.2. The highest BCUT2D eigenvalue weighted by Crippen LogP contribution is 2.48. The molecule has 1 fully saturated rings. The number of pyridine rings is 1. The molecule has 0 aliphatic heterocycles. The van der Waals surface area contributed by atoms with Gasteiger partial charge in [0.2, 0.25) is 0 Å². The molecular weight excluding hydrogens is 240 g/mol. The lowest BCUT2D eigenvalue weighted by Gasteiger charge is -2.00. The Bertz CT molecular complexity index is 645. The van der Waals surface area contributed by atoms with Gasteiger partial charge in [0.25, 0.3) is 0 Å². The van der Waals surface area contributed by atoms with Crippen molar-refractivity contribution in [3.05, 3.63) is 35.3 Å². The Balaban J connectivity index is 1.91. The minimum absolute atomic E-state index is 0.00431. The number of aromatic nitrogens is 2. The van der Waals surface area contributed by atoms with Gasteiger partial charge in [-0.25, -0.2) is 4.98 Å². The second kappa shape index (κ2) is 4.37. The number of aryl methyl sites for hydroxylation is 2. The lowest BCUT2D eigenvalue weighted by molar-refractivity contribution is -0.144. The molecule has 4 heteroatoms. The van der Waals surface area contributed by atoms with Crippen LogP contribution in [0.15, 0.2) is 18.3 Å². The van der Waals surface area contributed by atoms with Crippen molar-refractivity contribution >= 4 is 11.6 Å². The van der Waals surface area contributed by atoms with E-state index in [1.165, 1.54) is 5.56 Å². The largest absolute Gasteiger partial charge is 0.466 e. The van der Waals surface area contributed by atoms with E-state index in [4.69, 9.17) is 4.74 Å². The number of rotatable bonds is 3. The third-order valence-corrected chi connectivity index (χ3v) is 3.79. The maximum absolute atomic E-state index is 11.7. The summed E-state index contributed by atoms with van der Waals surface area (Å²) < 4.78 is 7.16. The summed E-state index contributed by atoms with van der Waals surface area (Å²) in [4.78, 5) is 16.4. The van der Waals surface area contributed by atoms with Gasteiger partial charge in [0, 0.05) is 17.8 Å². The summed E-state index contributed by atoms with van der Waals surface area (Å²) in [6.45, 7) is 6.41. The molecular formula is C15H18N2O2. The molecule has 2 atom stereocenters. The summed E-state index contributed by atoms with van der Waals surface area (Å²) in [5, 5.41) is 0. The summed E-state index contributed by atoms with van der Waals surface area (Å²) in [5.41, 5.74) is 4.33. The predicted octanol–water partition coefficient (Wildman–Crippen LogP) is 2.62. The smallest absolute Gasteiger partial charge is 0.309 e. The number of carbonyl (C=O) groups is 1. The van der Waals surface area contributed by atoms with E-state index in [1.54, 1.807) is 0 Å². The molecule has 4 nitrogen and oxygen atoms in total. The average molecular weight is 258 g/mol. The molecule has 2 unspecified atom stereocenters. The number of nitrogens with zero attached hydrogens (tertiary/aromatic N) is 2. The number of fused-ring (bicyclic) bond motifs is 1. The maximum atomic E-state index is 11.7. The zero-order valence-electron chi connectivity index (χ0n) is 11.5. The molecule has 0 spiro atoms. The maximum Gasteiger partial charge on any atom is 0.309 e. The second-order valence-electron chi connectivity index (χ2n) is 5.22. The van der Waals surface area contributed by atoms with E-state index in [-0.39, 0.29) is 17.8 Å². The number of esters is 1. The Morgan fingerprint density at radius 2 is 2.32 bits per heavy atom. The molecule has 2 aromatic heterocycles. The molecule has 1 aliphatic carbocycles. The Kier molecular flexibility index (Phi) is 2.81. The highest BCUT2D eigenvalue weighted by molar-refractivity contribution is 5.77. The normalized spacial score (nSPS) is 21.6. The molecule has 1 saturated carbocycles. The fraction of sp³-hybridized carbons (Fsp3) is 0.467. The highest BCUT2D eigenvalue weighted by atomic mass is 16.5. The van der Waals surface area contributed by atoms with Crippen LogP contribution in [0, 0.1) is 19.8 Å². The summed E-state index contributed by atoms with van der Waals surface area (Å²) in [6.07, 6.45) is 2.90. The van der Waals surface area contributed by atoms with Crippen LogP contribution in [0.4, 0.5) is 0 Å². The molecule has 0 saturated heterocycles. The van der Waals surface area contributed by atoms with Crippen LogP contribution >= 0.6 is 0 Å². The molecule has 1 aliphatic rings. The first-order chi connectivity index (χ1) is 9.11. The van der Waals surface area contributed by atoms with E-state index in [2.05, 4.69) is 35.4 Å². The van der Waals surface area contributed by atoms with E-state index in [0.29, 0.717) is 6.61 Å². The Morgan fingerprint density at radius 3 is 3.05 bits per heavy atom. The molecule has 0 N–H and O–H groups in total. The van der Waals surface area contributed by atoms with E-state index in [9.17, 15) is 4.79 Å². The summed E-state index contributed by atoms with van der Waals surface area (Å²) in [6, 6.07) is 4.14. The van der Waals surface area contributed by atoms with Gasteiger partial charge in [-0.2, -0.15) is 0 Å². The quantitative estimate of drug-likeness (QED) is 0.795. The van der Waals surface area contributed by atoms with Crippen molar-refractivity contribution in [3.63, 3.8) is 0 Å². The fourth-order valence-electron chi connectivity index (χ4n) is 2.65. The van der Waals surface area contributed by atoms with Crippen molar-refractivity contribution in [3.8, 4) is 0 Å². The van der Waals surface area contributed by atoms with Crippen LogP contribution in [0.25, 0.3) is 5.65 Å². The van der Waals surface area contributed by atoms with E-state index < -0.39 is 0 Å².